The van der Waals surface area contributed by atoms with Crippen molar-refractivity contribution >= 4 is 22.8 Å². The van der Waals surface area contributed by atoms with Crippen molar-refractivity contribution in [1.82, 2.24) is 19.4 Å². The first-order valence-electron chi connectivity index (χ1n) is 19.7. The van der Waals surface area contributed by atoms with Gasteiger partial charge in [-0.1, -0.05) is 115 Å². The number of rotatable bonds is 16. The van der Waals surface area contributed by atoms with Crippen LogP contribution in [0.4, 0.5) is 0 Å². The van der Waals surface area contributed by atoms with E-state index in [0.29, 0.717) is 25.2 Å². The molecule has 0 bridgehead atoms. The van der Waals surface area contributed by atoms with Crippen LogP contribution in [0.2, 0.25) is 0 Å². The summed E-state index contributed by atoms with van der Waals surface area (Å²) in [4.78, 5) is 23.8. The molecule has 0 aliphatic carbocycles. The molecule has 0 saturated carbocycles. The number of fused-ring (bicyclic) bond motifs is 1. The van der Waals surface area contributed by atoms with E-state index in [1.807, 2.05) is 35.2 Å². The summed E-state index contributed by atoms with van der Waals surface area (Å²) in [5, 5.41) is 7.81. The fourth-order valence-electron chi connectivity index (χ4n) is 8.17. The average Bonchev–Trinajstić information content (AvgIpc) is 3.57. The summed E-state index contributed by atoms with van der Waals surface area (Å²) in [6.07, 6.45) is 5.37. The first-order chi connectivity index (χ1) is 26.9. The van der Waals surface area contributed by atoms with E-state index in [2.05, 4.69) is 113 Å². The minimum absolute atomic E-state index is 0.00591. The van der Waals surface area contributed by atoms with Gasteiger partial charge in [0, 0.05) is 55.7 Å². The molecule has 8 heteroatoms. The minimum Gasteiger partial charge on any atom is -0.384 e. The zero-order chi connectivity index (χ0) is 38.0. The van der Waals surface area contributed by atoms with Gasteiger partial charge in [-0.05, 0) is 85.6 Å². The van der Waals surface area contributed by atoms with Gasteiger partial charge in [-0.3, -0.25) is 15.1 Å². The summed E-state index contributed by atoms with van der Waals surface area (Å²) in [6.45, 7) is 5.34. The molecular weight excluding hydrogens is 679 g/mol. The molecule has 7 rings (SSSR count). The van der Waals surface area contributed by atoms with Crippen molar-refractivity contribution in [3.05, 3.63) is 173 Å². The molecule has 6 aromatic rings. The molecule has 0 atom stereocenters. The number of aryl methyl sites for hydroxylation is 3. The molecule has 5 aromatic carbocycles. The second kappa shape index (κ2) is 17.7. The van der Waals surface area contributed by atoms with Crippen molar-refractivity contribution < 1.29 is 4.79 Å². The number of nitrogens with one attached hydrogen (secondary N) is 1. The fourth-order valence-corrected chi connectivity index (χ4v) is 8.17. The minimum atomic E-state index is -0.0782. The van der Waals surface area contributed by atoms with Crippen LogP contribution in [0.5, 0.6) is 0 Å². The second-order valence-corrected chi connectivity index (χ2v) is 15.0. The molecule has 0 spiro atoms. The second-order valence-electron chi connectivity index (χ2n) is 15.0. The van der Waals surface area contributed by atoms with E-state index >= 15 is 0 Å². The Labute approximate surface area is 325 Å². The highest BCUT2D eigenvalue weighted by Crippen LogP contribution is 2.39. The Morgan fingerprint density at radius 1 is 0.727 bits per heavy atom. The average molecular weight is 732 g/mol. The highest BCUT2D eigenvalue weighted by molar-refractivity contribution is 5.97. The van der Waals surface area contributed by atoms with Gasteiger partial charge in [-0.2, -0.15) is 0 Å². The first-order valence-corrected chi connectivity index (χ1v) is 19.7. The van der Waals surface area contributed by atoms with Crippen LogP contribution >= 0.6 is 0 Å². The van der Waals surface area contributed by atoms with Gasteiger partial charge in [0.15, 0.2) is 0 Å². The van der Waals surface area contributed by atoms with Gasteiger partial charge in [-0.15, -0.1) is 0 Å². The number of carbonyl (C=O) groups excluding carboxylic acids is 1. The predicted octanol–water partition coefficient (Wildman–Crippen LogP) is 7.37. The van der Waals surface area contributed by atoms with Crippen LogP contribution in [0.3, 0.4) is 0 Å². The lowest BCUT2D eigenvalue weighted by atomic mass is 9.72. The molecule has 1 amide bonds. The van der Waals surface area contributed by atoms with Gasteiger partial charge < -0.3 is 20.9 Å². The van der Waals surface area contributed by atoms with Crippen LogP contribution in [0.1, 0.15) is 63.3 Å². The number of nitrogens with zero attached hydrogens (tertiary/aromatic N) is 4. The zero-order valence-corrected chi connectivity index (χ0v) is 31.7. The number of nitrogens with two attached hydrogens (primary N) is 2. The van der Waals surface area contributed by atoms with E-state index in [-0.39, 0.29) is 17.2 Å². The Balaban J connectivity index is 1.18. The number of nitrogen functional groups attached to an aromatic ring is 1. The summed E-state index contributed by atoms with van der Waals surface area (Å²) in [5.41, 5.74) is 20.1. The number of hydrogen-bond acceptors (Lipinski definition) is 5. The number of benzene rings is 5. The topological polar surface area (TPSA) is 117 Å². The Bertz CT molecular complexity index is 2160. The van der Waals surface area contributed by atoms with Crippen molar-refractivity contribution in [1.29, 1.82) is 5.41 Å². The molecule has 282 valence electrons. The van der Waals surface area contributed by atoms with Gasteiger partial charge in [0.05, 0.1) is 11.0 Å². The molecule has 1 aliphatic rings. The number of amidine groups is 1. The molecule has 55 heavy (non-hydrogen) atoms. The van der Waals surface area contributed by atoms with Crippen LogP contribution in [0.25, 0.3) is 11.0 Å². The lowest BCUT2D eigenvalue weighted by Crippen LogP contribution is -2.44. The lowest BCUT2D eigenvalue weighted by Gasteiger charge is -2.43. The number of hydrogen-bond donors (Lipinski definition) is 3. The summed E-state index contributed by atoms with van der Waals surface area (Å²) < 4.78 is 2.44. The summed E-state index contributed by atoms with van der Waals surface area (Å²) >= 11 is 0. The van der Waals surface area contributed by atoms with Gasteiger partial charge in [0.25, 0.3) is 5.91 Å². The zero-order valence-electron chi connectivity index (χ0n) is 31.7. The van der Waals surface area contributed by atoms with Gasteiger partial charge in [-0.25, -0.2) is 4.98 Å². The normalized spacial score (nSPS) is 14.2. The molecule has 1 aromatic heterocycles. The van der Waals surface area contributed by atoms with Gasteiger partial charge >= 0.3 is 0 Å². The van der Waals surface area contributed by atoms with E-state index in [1.165, 1.54) is 22.3 Å². The largest absolute Gasteiger partial charge is 0.384 e. The number of likely N-dealkylation sites (tertiary alicyclic amines) is 1. The Morgan fingerprint density at radius 3 is 2.00 bits per heavy atom. The smallest absolute Gasteiger partial charge is 0.253 e. The van der Waals surface area contributed by atoms with Crippen molar-refractivity contribution in [3.63, 3.8) is 0 Å². The maximum absolute atomic E-state index is 14.0. The molecule has 8 nitrogen and oxygen atoms in total. The predicted molar refractivity (Wildman–Crippen MR) is 223 cm³/mol. The third-order valence-electron chi connectivity index (χ3n) is 11.3. The van der Waals surface area contributed by atoms with E-state index in [4.69, 9.17) is 21.9 Å². The van der Waals surface area contributed by atoms with Crippen LogP contribution in [0.15, 0.2) is 133 Å². The van der Waals surface area contributed by atoms with Crippen molar-refractivity contribution in [3.8, 4) is 0 Å². The number of imidazole rings is 1. The van der Waals surface area contributed by atoms with Crippen molar-refractivity contribution in [2.45, 2.75) is 57.0 Å². The lowest BCUT2D eigenvalue weighted by molar-refractivity contribution is 0.0758. The maximum atomic E-state index is 14.0. The third-order valence-corrected chi connectivity index (χ3v) is 11.3. The highest BCUT2D eigenvalue weighted by Gasteiger charge is 2.37. The fraction of sp³-hybridized carbons (Fsp3) is 0.298. The van der Waals surface area contributed by atoms with E-state index < -0.39 is 0 Å². The standard InChI is InChI=1S/C47H53N7O/c48-28-32-53(29-10-15-36-11-4-1-5-12-36)46(55)40-23-24-43-42(33-40)51-44(25-20-37-18-21-39(22-19-37)45(49)50)54(43)35-47(41-16-8-3-9-17-41)26-30-52(31-27-47)34-38-13-6-2-7-14-38/h1-9,11-14,16-19,21-24,33H,10,15,20,25-32,34-35,48H2,(H3,49,50). The number of amides is 1. The quantitative estimate of drug-likeness (QED) is 0.0710. The Morgan fingerprint density at radius 2 is 1.35 bits per heavy atom. The highest BCUT2D eigenvalue weighted by atomic mass is 16.2. The van der Waals surface area contributed by atoms with Crippen molar-refractivity contribution in [2.75, 3.05) is 32.7 Å². The molecule has 5 N–H and O–H groups in total. The molecule has 1 fully saturated rings. The summed E-state index contributed by atoms with van der Waals surface area (Å²) in [6, 6.07) is 46.2. The van der Waals surface area contributed by atoms with E-state index in [0.717, 1.165) is 87.1 Å². The van der Waals surface area contributed by atoms with E-state index in [1.54, 1.807) is 0 Å². The van der Waals surface area contributed by atoms with Crippen LogP contribution in [-0.4, -0.2) is 63.8 Å². The Hall–Kier alpha value is -5.57. The SMILES string of the molecule is N=C(N)c1ccc(CCc2nc3cc(C(=O)N(CCN)CCCc4ccccc4)ccc3n2CC2(c3ccccc3)CCN(Cc3ccccc3)CC2)cc1. The monoisotopic (exact) mass is 731 g/mol. The molecule has 0 radical (unpaired) electrons. The van der Waals surface area contributed by atoms with Crippen LogP contribution in [-0.2, 0) is 37.8 Å². The molecule has 1 saturated heterocycles. The number of piperidine rings is 1. The molecular formula is C47H53N7O. The number of carbonyl (C=O) groups is 1. The molecule has 2 heterocycles. The Kier molecular flexibility index (Phi) is 12.2. The summed E-state index contributed by atoms with van der Waals surface area (Å²) in [5.74, 6) is 1.08. The van der Waals surface area contributed by atoms with Gasteiger partial charge in [0.2, 0.25) is 0 Å². The first kappa shape index (κ1) is 37.7. The molecule has 1 aliphatic heterocycles. The van der Waals surface area contributed by atoms with Gasteiger partial charge in [0.1, 0.15) is 11.7 Å². The number of aromatic nitrogens is 2. The van der Waals surface area contributed by atoms with Crippen LogP contribution in [0, 0.1) is 5.41 Å². The third kappa shape index (κ3) is 9.22. The maximum Gasteiger partial charge on any atom is 0.253 e. The van der Waals surface area contributed by atoms with Crippen LogP contribution < -0.4 is 11.5 Å². The molecule has 0 unspecified atom stereocenters. The van der Waals surface area contributed by atoms with E-state index in [9.17, 15) is 4.79 Å². The van der Waals surface area contributed by atoms with Crippen molar-refractivity contribution in [2.24, 2.45) is 11.5 Å². The summed E-state index contributed by atoms with van der Waals surface area (Å²) in [7, 11) is 0.